The number of hydroxylamine groups is 1. The van der Waals surface area contributed by atoms with Crippen molar-refractivity contribution in [2.24, 2.45) is 0 Å². The van der Waals surface area contributed by atoms with Crippen molar-refractivity contribution in [3.63, 3.8) is 0 Å². The van der Waals surface area contributed by atoms with E-state index in [2.05, 4.69) is 5.48 Å². The molecule has 16 heavy (non-hydrogen) atoms. The molecule has 0 fully saturated rings. The van der Waals surface area contributed by atoms with Crippen LogP contribution in [-0.4, -0.2) is 27.4 Å². The van der Waals surface area contributed by atoms with Gasteiger partial charge in [0.15, 0.2) is 11.5 Å². The molecular weight excluding hydrogens is 210 g/mol. The van der Waals surface area contributed by atoms with Crippen LogP contribution < -0.4 is 19.7 Å². The van der Waals surface area contributed by atoms with Crippen LogP contribution in [0.5, 0.6) is 17.2 Å². The highest BCUT2D eigenvalue weighted by molar-refractivity contribution is 5.51. The van der Waals surface area contributed by atoms with E-state index in [4.69, 9.17) is 19.0 Å². The second-order valence-electron chi connectivity index (χ2n) is 3.33. The number of methoxy groups -OCH3 is 1. The maximum Gasteiger partial charge on any atom is 0.165 e. The van der Waals surface area contributed by atoms with E-state index in [1.54, 1.807) is 14.2 Å². The van der Waals surface area contributed by atoms with Gasteiger partial charge in [0.25, 0.3) is 0 Å². The molecule has 1 aliphatic rings. The van der Waals surface area contributed by atoms with Crippen LogP contribution in [0, 0.1) is 0 Å². The van der Waals surface area contributed by atoms with Gasteiger partial charge in [-0.15, -0.1) is 0 Å². The first-order chi connectivity index (χ1) is 7.85. The summed E-state index contributed by atoms with van der Waals surface area (Å²) in [7, 11) is 3.20. The Hall–Kier alpha value is -1.46. The fraction of sp³-hybridized carbons (Fsp3) is 0.455. The van der Waals surface area contributed by atoms with Gasteiger partial charge in [-0.1, -0.05) is 0 Å². The molecule has 0 saturated heterocycles. The highest BCUT2D eigenvalue weighted by atomic mass is 16.6. The summed E-state index contributed by atoms with van der Waals surface area (Å²) in [5.74, 6) is 2.23. The lowest BCUT2D eigenvalue weighted by Crippen LogP contribution is -2.17. The fourth-order valence-electron chi connectivity index (χ4n) is 1.59. The van der Waals surface area contributed by atoms with Crippen LogP contribution in [0.4, 0.5) is 0 Å². The average molecular weight is 225 g/mol. The normalized spacial score (nSPS) is 13.6. The highest BCUT2D eigenvalue weighted by Crippen LogP contribution is 2.36. The Morgan fingerprint density at radius 1 is 1.19 bits per heavy atom. The Kier molecular flexibility index (Phi) is 3.48. The second-order valence-corrected chi connectivity index (χ2v) is 3.33. The van der Waals surface area contributed by atoms with E-state index in [0.717, 1.165) is 22.8 Å². The van der Waals surface area contributed by atoms with Crippen LogP contribution >= 0.6 is 0 Å². The van der Waals surface area contributed by atoms with Crippen LogP contribution in [0.3, 0.4) is 0 Å². The van der Waals surface area contributed by atoms with Crippen molar-refractivity contribution in [3.8, 4) is 17.2 Å². The molecule has 0 radical (unpaired) electrons. The van der Waals surface area contributed by atoms with Crippen LogP contribution in [0.15, 0.2) is 12.1 Å². The summed E-state index contributed by atoms with van der Waals surface area (Å²) in [6.07, 6.45) is 0. The van der Waals surface area contributed by atoms with Crippen molar-refractivity contribution in [2.45, 2.75) is 6.54 Å². The summed E-state index contributed by atoms with van der Waals surface area (Å²) < 4.78 is 16.2. The molecule has 0 aromatic heterocycles. The second kappa shape index (κ2) is 5.05. The molecule has 1 aromatic rings. The van der Waals surface area contributed by atoms with E-state index in [-0.39, 0.29) is 0 Å². The van der Waals surface area contributed by atoms with Gasteiger partial charge in [0.05, 0.1) is 14.2 Å². The van der Waals surface area contributed by atoms with Crippen LogP contribution in [0.2, 0.25) is 0 Å². The number of nitrogens with one attached hydrogen (secondary N) is 1. The molecule has 0 saturated carbocycles. The molecule has 0 atom stereocenters. The number of ether oxygens (including phenoxy) is 3. The van der Waals surface area contributed by atoms with Gasteiger partial charge >= 0.3 is 0 Å². The van der Waals surface area contributed by atoms with Gasteiger partial charge in [-0.25, -0.2) is 0 Å². The molecule has 2 rings (SSSR count). The molecule has 0 bridgehead atoms. The van der Waals surface area contributed by atoms with E-state index < -0.39 is 0 Å². The minimum atomic E-state index is 0.552. The van der Waals surface area contributed by atoms with Crippen molar-refractivity contribution in [2.75, 3.05) is 27.4 Å². The minimum absolute atomic E-state index is 0.552. The zero-order valence-corrected chi connectivity index (χ0v) is 9.41. The minimum Gasteiger partial charge on any atom is -0.496 e. The number of hydrogen-bond donors (Lipinski definition) is 1. The zero-order chi connectivity index (χ0) is 11.4. The van der Waals surface area contributed by atoms with Gasteiger partial charge in [0.1, 0.15) is 19.0 Å². The third-order valence-corrected chi connectivity index (χ3v) is 2.35. The molecule has 0 aliphatic carbocycles. The maximum atomic E-state index is 5.49. The lowest BCUT2D eigenvalue weighted by atomic mass is 10.1. The standard InChI is InChI=1S/C11H15NO4/c1-13-9-6-11-10(15-3-4-16-11)5-8(9)7-12-14-2/h5-6,12H,3-4,7H2,1-2H3. The van der Waals surface area contributed by atoms with Crippen molar-refractivity contribution >= 4 is 0 Å². The van der Waals surface area contributed by atoms with Crippen molar-refractivity contribution < 1.29 is 19.0 Å². The van der Waals surface area contributed by atoms with E-state index in [0.29, 0.717) is 19.8 Å². The molecule has 1 heterocycles. The van der Waals surface area contributed by atoms with E-state index in [9.17, 15) is 0 Å². The summed E-state index contributed by atoms with van der Waals surface area (Å²) in [4.78, 5) is 4.81. The third-order valence-electron chi connectivity index (χ3n) is 2.35. The number of rotatable bonds is 4. The summed E-state index contributed by atoms with van der Waals surface area (Å²) in [5, 5.41) is 0. The molecule has 1 aliphatic heterocycles. The predicted molar refractivity (Wildman–Crippen MR) is 57.8 cm³/mol. The van der Waals surface area contributed by atoms with Crippen LogP contribution in [0.25, 0.3) is 0 Å². The Balaban J connectivity index is 2.28. The van der Waals surface area contributed by atoms with Crippen molar-refractivity contribution in [1.82, 2.24) is 5.48 Å². The summed E-state index contributed by atoms with van der Waals surface area (Å²) in [5.41, 5.74) is 3.74. The molecule has 88 valence electrons. The zero-order valence-electron chi connectivity index (χ0n) is 9.41. The van der Waals surface area contributed by atoms with E-state index in [1.165, 1.54) is 0 Å². The largest absolute Gasteiger partial charge is 0.496 e. The highest BCUT2D eigenvalue weighted by Gasteiger charge is 2.15. The molecule has 0 amide bonds. The number of fused-ring (bicyclic) bond motifs is 1. The summed E-state index contributed by atoms with van der Waals surface area (Å²) >= 11 is 0. The first-order valence-electron chi connectivity index (χ1n) is 5.07. The lowest BCUT2D eigenvalue weighted by molar-refractivity contribution is 0.0859. The Morgan fingerprint density at radius 3 is 2.50 bits per heavy atom. The average Bonchev–Trinajstić information content (AvgIpc) is 2.35. The lowest BCUT2D eigenvalue weighted by Gasteiger charge is -2.20. The van der Waals surface area contributed by atoms with Gasteiger partial charge in [0, 0.05) is 18.2 Å². The molecule has 0 unspecified atom stereocenters. The topological polar surface area (TPSA) is 49.0 Å². The van der Waals surface area contributed by atoms with Gasteiger partial charge < -0.3 is 19.0 Å². The maximum absolute atomic E-state index is 5.49. The van der Waals surface area contributed by atoms with Crippen molar-refractivity contribution in [3.05, 3.63) is 17.7 Å². The Bertz CT molecular complexity index is 367. The number of benzene rings is 1. The van der Waals surface area contributed by atoms with Gasteiger partial charge in [-0.05, 0) is 6.07 Å². The van der Waals surface area contributed by atoms with Crippen LogP contribution in [-0.2, 0) is 11.4 Å². The summed E-state index contributed by atoms with van der Waals surface area (Å²) in [6.45, 7) is 1.71. The smallest absolute Gasteiger partial charge is 0.165 e. The van der Waals surface area contributed by atoms with Gasteiger partial charge in [0.2, 0.25) is 0 Å². The molecule has 1 aromatic carbocycles. The van der Waals surface area contributed by atoms with E-state index in [1.807, 2.05) is 12.1 Å². The van der Waals surface area contributed by atoms with E-state index >= 15 is 0 Å². The third kappa shape index (κ3) is 2.20. The monoisotopic (exact) mass is 225 g/mol. The quantitative estimate of drug-likeness (QED) is 0.778. The molecule has 5 nitrogen and oxygen atoms in total. The molecule has 0 spiro atoms. The van der Waals surface area contributed by atoms with Crippen molar-refractivity contribution in [1.29, 1.82) is 0 Å². The van der Waals surface area contributed by atoms with Gasteiger partial charge in [-0.3, -0.25) is 0 Å². The fourth-order valence-corrected chi connectivity index (χ4v) is 1.59. The van der Waals surface area contributed by atoms with Gasteiger partial charge in [-0.2, -0.15) is 5.48 Å². The Labute approximate surface area is 94.2 Å². The SMILES string of the molecule is CONCc1cc2c(cc1OC)OCCO2. The first kappa shape index (κ1) is 11.0. The molecule has 5 heteroatoms. The first-order valence-corrected chi connectivity index (χ1v) is 5.07. The predicted octanol–water partition coefficient (Wildman–Crippen LogP) is 1.12. The summed E-state index contributed by atoms with van der Waals surface area (Å²) in [6, 6.07) is 3.74. The Morgan fingerprint density at radius 2 is 1.88 bits per heavy atom. The molecule has 1 N–H and O–H groups in total. The number of hydrogen-bond acceptors (Lipinski definition) is 5. The van der Waals surface area contributed by atoms with Crippen LogP contribution in [0.1, 0.15) is 5.56 Å². The molecular formula is C11H15NO4.